The van der Waals surface area contributed by atoms with E-state index in [0.717, 1.165) is 11.3 Å². The molecule has 0 saturated carbocycles. The topological polar surface area (TPSA) is 51.5 Å². The molecule has 1 amide bonds. The number of nitrogens with one attached hydrogen (secondary N) is 1. The van der Waals surface area contributed by atoms with Crippen LogP contribution < -0.4 is 10.1 Å². The summed E-state index contributed by atoms with van der Waals surface area (Å²) in [6, 6.07) is 11.2. The Morgan fingerprint density at radius 3 is 2.63 bits per heavy atom. The minimum absolute atomic E-state index is 0.0478. The molecule has 100 valence electrons. The van der Waals surface area contributed by atoms with Gasteiger partial charge in [-0.3, -0.25) is 4.79 Å². The molecule has 0 bridgehead atoms. The fraction of sp³-hybridized carbons (Fsp3) is 0.267. The molecule has 19 heavy (non-hydrogen) atoms. The highest BCUT2D eigenvalue weighted by Gasteiger charge is 2.11. The van der Waals surface area contributed by atoms with Crippen LogP contribution in [0.25, 0.3) is 0 Å². The maximum atomic E-state index is 11.8. The van der Waals surface area contributed by atoms with Crippen LogP contribution in [0.5, 0.6) is 5.75 Å². The minimum atomic E-state index is -0.0572. The largest absolute Gasteiger partial charge is 0.497 e. The molecule has 1 N–H and O–H groups in total. The maximum absolute atomic E-state index is 11.8. The number of hydrogen-bond donors (Lipinski definition) is 1. The highest BCUT2D eigenvalue weighted by atomic mass is 16.5. The molecule has 4 heteroatoms. The maximum Gasteiger partial charge on any atom is 0.228 e. The van der Waals surface area contributed by atoms with Crippen LogP contribution in [0.2, 0.25) is 0 Å². The monoisotopic (exact) mass is 259 g/mol. The summed E-state index contributed by atoms with van der Waals surface area (Å²) in [4.78, 5) is 11.8. The summed E-state index contributed by atoms with van der Waals surface area (Å²) in [5.41, 5.74) is 1.04. The predicted octanol–water partition coefficient (Wildman–Crippen LogP) is 2.71. The molecule has 0 aliphatic carbocycles. The Morgan fingerprint density at radius 2 is 2.05 bits per heavy atom. The highest BCUT2D eigenvalue weighted by Crippen LogP contribution is 2.17. The zero-order chi connectivity index (χ0) is 13.7. The summed E-state index contributed by atoms with van der Waals surface area (Å²) in [5, 5.41) is 2.93. The van der Waals surface area contributed by atoms with Crippen LogP contribution in [0.15, 0.2) is 47.1 Å². The molecule has 0 spiro atoms. The van der Waals surface area contributed by atoms with Gasteiger partial charge < -0.3 is 14.5 Å². The standard InChI is InChI=1S/C15H17NO3/c1-11(12-5-7-13(18-2)8-6-12)16-15(17)10-14-4-3-9-19-14/h3-9,11H,10H2,1-2H3,(H,16,17). The molecule has 0 aliphatic rings. The van der Waals surface area contributed by atoms with Crippen LogP contribution in [0.1, 0.15) is 24.3 Å². The molecular weight excluding hydrogens is 242 g/mol. The Bertz CT molecular complexity index is 517. The highest BCUT2D eigenvalue weighted by molar-refractivity contribution is 5.78. The second-order valence-electron chi connectivity index (χ2n) is 4.32. The van der Waals surface area contributed by atoms with E-state index in [2.05, 4.69) is 5.32 Å². The van der Waals surface area contributed by atoms with Crippen LogP contribution in [-0.2, 0) is 11.2 Å². The number of ether oxygens (including phenoxy) is 1. The first-order chi connectivity index (χ1) is 9.19. The van der Waals surface area contributed by atoms with Gasteiger partial charge in [-0.25, -0.2) is 0 Å². The number of rotatable bonds is 5. The first-order valence-electron chi connectivity index (χ1n) is 6.14. The molecule has 2 aromatic rings. The lowest BCUT2D eigenvalue weighted by Gasteiger charge is -2.14. The van der Waals surface area contributed by atoms with Crippen LogP contribution in [0, 0.1) is 0 Å². The van der Waals surface area contributed by atoms with Crippen molar-refractivity contribution in [3.8, 4) is 5.75 Å². The van der Waals surface area contributed by atoms with Crippen molar-refractivity contribution in [3.63, 3.8) is 0 Å². The van der Waals surface area contributed by atoms with Crippen molar-refractivity contribution < 1.29 is 13.9 Å². The van der Waals surface area contributed by atoms with Gasteiger partial charge in [0.25, 0.3) is 0 Å². The Morgan fingerprint density at radius 1 is 1.32 bits per heavy atom. The smallest absolute Gasteiger partial charge is 0.228 e. The minimum Gasteiger partial charge on any atom is -0.497 e. The van der Waals surface area contributed by atoms with E-state index in [4.69, 9.17) is 9.15 Å². The van der Waals surface area contributed by atoms with Gasteiger partial charge in [0.15, 0.2) is 0 Å². The van der Waals surface area contributed by atoms with Crippen molar-refractivity contribution >= 4 is 5.91 Å². The van der Waals surface area contributed by atoms with Crippen molar-refractivity contribution in [1.82, 2.24) is 5.32 Å². The zero-order valence-electron chi connectivity index (χ0n) is 11.1. The van der Waals surface area contributed by atoms with Gasteiger partial charge in [0.1, 0.15) is 11.5 Å². The number of carbonyl (C=O) groups is 1. The Kier molecular flexibility index (Phi) is 4.23. The average Bonchev–Trinajstić information content (AvgIpc) is 2.91. The summed E-state index contributed by atoms with van der Waals surface area (Å²) < 4.78 is 10.2. The van der Waals surface area contributed by atoms with Crippen LogP contribution in [0.4, 0.5) is 0 Å². The molecule has 1 aromatic heterocycles. The molecule has 4 nitrogen and oxygen atoms in total. The normalized spacial score (nSPS) is 11.9. The van der Waals surface area contributed by atoms with E-state index in [-0.39, 0.29) is 18.4 Å². The Labute approximate surface area is 112 Å². The first-order valence-corrected chi connectivity index (χ1v) is 6.14. The third kappa shape index (κ3) is 3.61. The van der Waals surface area contributed by atoms with Gasteiger partial charge in [-0.05, 0) is 36.8 Å². The Hall–Kier alpha value is -2.23. The third-order valence-corrected chi connectivity index (χ3v) is 2.91. The molecular formula is C15H17NO3. The van der Waals surface area contributed by atoms with Crippen molar-refractivity contribution in [2.24, 2.45) is 0 Å². The summed E-state index contributed by atoms with van der Waals surface area (Å²) in [6.45, 7) is 1.95. The van der Waals surface area contributed by atoms with Gasteiger partial charge in [-0.1, -0.05) is 12.1 Å². The zero-order valence-corrected chi connectivity index (χ0v) is 11.1. The van der Waals surface area contributed by atoms with Gasteiger partial charge in [0, 0.05) is 0 Å². The van der Waals surface area contributed by atoms with E-state index in [9.17, 15) is 4.79 Å². The van der Waals surface area contributed by atoms with Gasteiger partial charge in [-0.15, -0.1) is 0 Å². The van der Waals surface area contributed by atoms with Gasteiger partial charge in [0.05, 0.1) is 25.8 Å². The number of benzene rings is 1. The second kappa shape index (κ2) is 6.09. The van der Waals surface area contributed by atoms with Crippen molar-refractivity contribution in [3.05, 3.63) is 54.0 Å². The number of carbonyl (C=O) groups excluding carboxylic acids is 1. The van der Waals surface area contributed by atoms with E-state index in [0.29, 0.717) is 5.76 Å². The lowest BCUT2D eigenvalue weighted by Crippen LogP contribution is -2.27. The summed E-state index contributed by atoms with van der Waals surface area (Å²) in [7, 11) is 1.63. The molecule has 1 atom stereocenters. The lowest BCUT2D eigenvalue weighted by molar-refractivity contribution is -0.121. The summed E-state index contributed by atoms with van der Waals surface area (Å²) >= 11 is 0. The lowest BCUT2D eigenvalue weighted by atomic mass is 10.1. The quantitative estimate of drug-likeness (QED) is 0.898. The molecule has 2 rings (SSSR count). The van der Waals surface area contributed by atoms with E-state index >= 15 is 0 Å². The molecule has 1 aromatic carbocycles. The Balaban J connectivity index is 1.92. The fourth-order valence-electron chi connectivity index (χ4n) is 1.84. The SMILES string of the molecule is COc1ccc(C(C)NC(=O)Cc2ccco2)cc1. The van der Waals surface area contributed by atoms with Crippen LogP contribution in [-0.4, -0.2) is 13.0 Å². The van der Waals surface area contributed by atoms with Gasteiger partial charge >= 0.3 is 0 Å². The number of amides is 1. The number of hydrogen-bond acceptors (Lipinski definition) is 3. The van der Waals surface area contributed by atoms with Gasteiger partial charge in [-0.2, -0.15) is 0 Å². The van der Waals surface area contributed by atoms with Crippen LogP contribution >= 0.6 is 0 Å². The van der Waals surface area contributed by atoms with Crippen molar-refractivity contribution in [2.45, 2.75) is 19.4 Å². The van der Waals surface area contributed by atoms with E-state index in [1.807, 2.05) is 31.2 Å². The molecule has 0 saturated heterocycles. The number of methoxy groups -OCH3 is 1. The molecule has 0 aliphatic heterocycles. The van der Waals surface area contributed by atoms with Crippen molar-refractivity contribution in [2.75, 3.05) is 7.11 Å². The van der Waals surface area contributed by atoms with Gasteiger partial charge in [0.2, 0.25) is 5.91 Å². The molecule has 0 fully saturated rings. The third-order valence-electron chi connectivity index (χ3n) is 2.91. The molecule has 0 radical (unpaired) electrons. The second-order valence-corrected chi connectivity index (χ2v) is 4.32. The molecule has 1 unspecified atom stereocenters. The summed E-state index contributed by atoms with van der Waals surface area (Å²) in [6.07, 6.45) is 1.82. The predicted molar refractivity (Wildman–Crippen MR) is 72.0 cm³/mol. The average molecular weight is 259 g/mol. The van der Waals surface area contributed by atoms with Crippen molar-refractivity contribution in [1.29, 1.82) is 0 Å². The number of furan rings is 1. The fourth-order valence-corrected chi connectivity index (χ4v) is 1.84. The molecule has 1 heterocycles. The van der Waals surface area contributed by atoms with E-state index < -0.39 is 0 Å². The summed E-state index contributed by atoms with van der Waals surface area (Å²) in [5.74, 6) is 1.41. The first kappa shape index (κ1) is 13.2. The van der Waals surface area contributed by atoms with E-state index in [1.54, 1.807) is 25.5 Å². The van der Waals surface area contributed by atoms with E-state index in [1.165, 1.54) is 0 Å². The van der Waals surface area contributed by atoms with Crippen LogP contribution in [0.3, 0.4) is 0 Å².